The molecule has 1 heterocycles. The maximum absolute atomic E-state index is 11.9. The molecule has 0 aliphatic carbocycles. The van der Waals surface area contributed by atoms with Crippen molar-refractivity contribution in [1.29, 1.82) is 0 Å². The van der Waals surface area contributed by atoms with E-state index in [1.54, 1.807) is 6.92 Å². The van der Waals surface area contributed by atoms with Crippen molar-refractivity contribution in [2.24, 2.45) is 5.92 Å². The van der Waals surface area contributed by atoms with Crippen molar-refractivity contribution in [1.82, 2.24) is 5.32 Å². The fourth-order valence-electron chi connectivity index (χ4n) is 1.86. The number of hydrogen-bond donors (Lipinski definition) is 2. The summed E-state index contributed by atoms with van der Waals surface area (Å²) in [7, 11) is 0. The zero-order chi connectivity index (χ0) is 13.1. The third kappa shape index (κ3) is 3.30. The van der Waals surface area contributed by atoms with Gasteiger partial charge in [-0.3, -0.25) is 4.79 Å². The zero-order valence-corrected chi connectivity index (χ0v) is 10.3. The minimum Gasteiger partial charge on any atom is -0.479 e. The van der Waals surface area contributed by atoms with E-state index in [4.69, 9.17) is 9.84 Å². The molecular formula is C12H19NO4. The van der Waals surface area contributed by atoms with Gasteiger partial charge in [-0.25, -0.2) is 4.79 Å². The SMILES string of the molecule is C=C(C)CC(C)C(=O)NC1(C(=O)O)CCOC1. The lowest BCUT2D eigenvalue weighted by Crippen LogP contribution is -2.56. The van der Waals surface area contributed by atoms with E-state index in [0.29, 0.717) is 19.4 Å². The summed E-state index contributed by atoms with van der Waals surface area (Å²) in [5.41, 5.74) is -0.347. The Labute approximate surface area is 101 Å². The highest BCUT2D eigenvalue weighted by atomic mass is 16.5. The highest BCUT2D eigenvalue weighted by Crippen LogP contribution is 2.20. The molecule has 0 aromatic carbocycles. The Balaban J connectivity index is 2.65. The lowest BCUT2D eigenvalue weighted by Gasteiger charge is -2.25. The van der Waals surface area contributed by atoms with Crippen molar-refractivity contribution in [3.8, 4) is 0 Å². The van der Waals surface area contributed by atoms with E-state index in [0.717, 1.165) is 5.57 Å². The highest BCUT2D eigenvalue weighted by Gasteiger charge is 2.44. The smallest absolute Gasteiger partial charge is 0.331 e. The van der Waals surface area contributed by atoms with Gasteiger partial charge < -0.3 is 15.2 Å². The van der Waals surface area contributed by atoms with E-state index in [1.807, 2.05) is 6.92 Å². The molecule has 1 aliphatic heterocycles. The van der Waals surface area contributed by atoms with Gasteiger partial charge in [-0.2, -0.15) is 0 Å². The number of rotatable bonds is 5. The van der Waals surface area contributed by atoms with Gasteiger partial charge in [0.2, 0.25) is 5.91 Å². The van der Waals surface area contributed by atoms with Crippen LogP contribution in [0.3, 0.4) is 0 Å². The van der Waals surface area contributed by atoms with Gasteiger partial charge in [-0.15, -0.1) is 6.58 Å². The summed E-state index contributed by atoms with van der Waals surface area (Å²) in [4.78, 5) is 23.1. The molecule has 1 rings (SSSR count). The maximum atomic E-state index is 11.9. The maximum Gasteiger partial charge on any atom is 0.331 e. The molecule has 0 aromatic rings. The highest BCUT2D eigenvalue weighted by molar-refractivity contribution is 5.88. The minimum absolute atomic E-state index is 0.0356. The van der Waals surface area contributed by atoms with Crippen LogP contribution in [0.1, 0.15) is 26.7 Å². The van der Waals surface area contributed by atoms with Gasteiger partial charge in [0, 0.05) is 18.9 Å². The molecule has 2 N–H and O–H groups in total. The first kappa shape index (κ1) is 13.7. The summed E-state index contributed by atoms with van der Waals surface area (Å²) in [6.45, 7) is 7.74. The van der Waals surface area contributed by atoms with Crippen LogP contribution in [0.4, 0.5) is 0 Å². The lowest BCUT2D eigenvalue weighted by molar-refractivity contribution is -0.148. The number of ether oxygens (including phenoxy) is 1. The van der Waals surface area contributed by atoms with Crippen molar-refractivity contribution in [3.05, 3.63) is 12.2 Å². The van der Waals surface area contributed by atoms with Crippen LogP contribution in [0.25, 0.3) is 0 Å². The number of carboxylic acids is 1. The fraction of sp³-hybridized carbons (Fsp3) is 0.667. The van der Waals surface area contributed by atoms with Gasteiger partial charge in [0.1, 0.15) is 0 Å². The average Bonchev–Trinajstić information content (AvgIpc) is 2.66. The number of allylic oxidation sites excluding steroid dienone is 1. The summed E-state index contributed by atoms with van der Waals surface area (Å²) in [5.74, 6) is -1.57. The van der Waals surface area contributed by atoms with E-state index in [1.165, 1.54) is 0 Å². The number of amides is 1. The molecule has 0 saturated carbocycles. The van der Waals surface area contributed by atoms with E-state index >= 15 is 0 Å². The van der Waals surface area contributed by atoms with Crippen molar-refractivity contribution >= 4 is 11.9 Å². The fourth-order valence-corrected chi connectivity index (χ4v) is 1.86. The Morgan fingerprint density at radius 2 is 2.24 bits per heavy atom. The van der Waals surface area contributed by atoms with Crippen LogP contribution >= 0.6 is 0 Å². The molecule has 0 spiro atoms. The topological polar surface area (TPSA) is 75.6 Å². The summed E-state index contributed by atoms with van der Waals surface area (Å²) in [6, 6.07) is 0. The number of nitrogens with one attached hydrogen (secondary N) is 1. The Kier molecular flexibility index (Phi) is 4.28. The van der Waals surface area contributed by atoms with Gasteiger partial charge >= 0.3 is 5.97 Å². The summed E-state index contributed by atoms with van der Waals surface area (Å²) in [5, 5.41) is 11.8. The minimum atomic E-state index is -1.25. The molecule has 2 unspecified atom stereocenters. The molecule has 0 aromatic heterocycles. The second kappa shape index (κ2) is 5.31. The van der Waals surface area contributed by atoms with Gasteiger partial charge in [0.25, 0.3) is 0 Å². The third-order valence-electron chi connectivity index (χ3n) is 2.90. The molecule has 1 amide bonds. The monoisotopic (exact) mass is 241 g/mol. The molecule has 5 heteroatoms. The summed E-state index contributed by atoms with van der Waals surface area (Å²) < 4.78 is 5.07. The predicted molar refractivity (Wildman–Crippen MR) is 62.5 cm³/mol. The van der Waals surface area contributed by atoms with Crippen molar-refractivity contribution in [2.75, 3.05) is 13.2 Å². The van der Waals surface area contributed by atoms with Crippen molar-refractivity contribution < 1.29 is 19.4 Å². The van der Waals surface area contributed by atoms with Crippen LogP contribution in [-0.2, 0) is 14.3 Å². The third-order valence-corrected chi connectivity index (χ3v) is 2.90. The largest absolute Gasteiger partial charge is 0.479 e. The normalized spacial score (nSPS) is 25.3. The van der Waals surface area contributed by atoms with Crippen LogP contribution in [-0.4, -0.2) is 35.7 Å². The Hall–Kier alpha value is -1.36. The molecular weight excluding hydrogens is 222 g/mol. The zero-order valence-electron chi connectivity index (χ0n) is 10.3. The molecule has 1 saturated heterocycles. The molecule has 2 atom stereocenters. The average molecular weight is 241 g/mol. The number of aliphatic carboxylic acids is 1. The molecule has 1 fully saturated rings. The van der Waals surface area contributed by atoms with Crippen LogP contribution in [0.15, 0.2) is 12.2 Å². The quantitative estimate of drug-likeness (QED) is 0.703. The number of carbonyl (C=O) groups is 2. The predicted octanol–water partition coefficient (Wildman–Crippen LogP) is 0.949. The molecule has 96 valence electrons. The summed E-state index contributed by atoms with van der Waals surface area (Å²) >= 11 is 0. The van der Waals surface area contributed by atoms with Gasteiger partial charge in [-0.05, 0) is 13.3 Å². The Morgan fingerprint density at radius 1 is 1.59 bits per heavy atom. The lowest BCUT2D eigenvalue weighted by atomic mass is 9.96. The molecule has 1 aliphatic rings. The van der Waals surface area contributed by atoms with E-state index in [9.17, 15) is 9.59 Å². The van der Waals surface area contributed by atoms with E-state index in [2.05, 4.69) is 11.9 Å². The van der Waals surface area contributed by atoms with Gasteiger partial charge in [0.05, 0.1) is 6.61 Å². The van der Waals surface area contributed by atoms with Crippen LogP contribution in [0, 0.1) is 5.92 Å². The van der Waals surface area contributed by atoms with Crippen LogP contribution < -0.4 is 5.32 Å². The number of carbonyl (C=O) groups excluding carboxylic acids is 1. The number of hydrogen-bond acceptors (Lipinski definition) is 3. The van der Waals surface area contributed by atoms with E-state index < -0.39 is 11.5 Å². The van der Waals surface area contributed by atoms with E-state index in [-0.39, 0.29) is 18.4 Å². The first-order valence-corrected chi connectivity index (χ1v) is 5.65. The standard InChI is InChI=1S/C12H19NO4/c1-8(2)6-9(3)10(14)13-12(11(15)16)4-5-17-7-12/h9H,1,4-7H2,2-3H3,(H,13,14)(H,15,16). The molecule has 0 radical (unpaired) electrons. The van der Waals surface area contributed by atoms with Crippen LogP contribution in [0.5, 0.6) is 0 Å². The molecule has 0 bridgehead atoms. The second-order valence-corrected chi connectivity index (χ2v) is 4.74. The summed E-state index contributed by atoms with van der Waals surface area (Å²) in [6.07, 6.45) is 0.871. The second-order valence-electron chi connectivity index (χ2n) is 4.74. The van der Waals surface area contributed by atoms with Gasteiger partial charge in [-0.1, -0.05) is 12.5 Å². The molecule has 5 nitrogen and oxygen atoms in total. The van der Waals surface area contributed by atoms with Gasteiger partial charge in [0.15, 0.2) is 5.54 Å². The Bertz CT molecular complexity index is 331. The number of carboxylic acid groups (broad SMARTS) is 1. The Morgan fingerprint density at radius 3 is 2.65 bits per heavy atom. The first-order chi connectivity index (χ1) is 7.87. The molecule has 17 heavy (non-hydrogen) atoms. The van der Waals surface area contributed by atoms with Crippen molar-refractivity contribution in [2.45, 2.75) is 32.2 Å². The van der Waals surface area contributed by atoms with Crippen molar-refractivity contribution in [3.63, 3.8) is 0 Å². The first-order valence-electron chi connectivity index (χ1n) is 5.65. The van der Waals surface area contributed by atoms with Crippen LogP contribution in [0.2, 0.25) is 0 Å².